The highest BCUT2D eigenvalue weighted by Gasteiger charge is 2.27. The lowest BCUT2D eigenvalue weighted by atomic mass is 10.0. The standard InChI is InChI=1S/C24H23N5O/c1-15-9-16(14-25)11-19(10-15)24(30)27-20-3-2-8-29-23(20)13-22(28-29)18-6-7-26-21(12-18)17-4-5-17/h6-7,9-13,17,20H,2-5,8H2,1H3,(H,27,30). The van der Waals surface area contributed by atoms with Crippen LogP contribution in [0.3, 0.4) is 0 Å². The Hall–Kier alpha value is -3.46. The molecule has 1 aliphatic carbocycles. The third-order valence-electron chi connectivity index (χ3n) is 5.88. The van der Waals surface area contributed by atoms with Gasteiger partial charge in [-0.25, -0.2) is 0 Å². The average molecular weight is 397 g/mol. The lowest BCUT2D eigenvalue weighted by molar-refractivity contribution is 0.0928. The number of amides is 1. The van der Waals surface area contributed by atoms with Crippen LogP contribution >= 0.6 is 0 Å². The minimum atomic E-state index is -0.156. The Bertz CT molecular complexity index is 1170. The van der Waals surface area contributed by atoms with Gasteiger partial charge in [-0.15, -0.1) is 0 Å². The fraction of sp³-hybridized carbons (Fsp3) is 0.333. The molecule has 3 heterocycles. The van der Waals surface area contributed by atoms with E-state index in [0.29, 0.717) is 17.0 Å². The van der Waals surface area contributed by atoms with Gasteiger partial charge in [-0.3, -0.25) is 14.5 Å². The van der Waals surface area contributed by atoms with Gasteiger partial charge < -0.3 is 5.32 Å². The van der Waals surface area contributed by atoms with Crippen molar-refractivity contribution in [3.8, 4) is 17.3 Å². The van der Waals surface area contributed by atoms with Crippen molar-refractivity contribution in [2.24, 2.45) is 0 Å². The van der Waals surface area contributed by atoms with Gasteiger partial charge in [-0.1, -0.05) is 0 Å². The maximum absolute atomic E-state index is 12.9. The van der Waals surface area contributed by atoms with Crippen molar-refractivity contribution in [2.45, 2.75) is 51.1 Å². The van der Waals surface area contributed by atoms with Crippen molar-refractivity contribution in [3.05, 3.63) is 70.7 Å². The second-order valence-corrected chi connectivity index (χ2v) is 8.29. The second-order valence-electron chi connectivity index (χ2n) is 8.29. The molecule has 3 aromatic rings. The summed E-state index contributed by atoms with van der Waals surface area (Å²) in [6.07, 6.45) is 6.13. The molecule has 1 unspecified atom stereocenters. The highest BCUT2D eigenvalue weighted by molar-refractivity contribution is 5.95. The van der Waals surface area contributed by atoms with Crippen molar-refractivity contribution in [3.63, 3.8) is 0 Å². The summed E-state index contributed by atoms with van der Waals surface area (Å²) in [5.41, 5.74) is 6.11. The highest BCUT2D eigenvalue weighted by Crippen LogP contribution is 2.40. The van der Waals surface area contributed by atoms with Crippen LogP contribution in [0.4, 0.5) is 0 Å². The molecule has 150 valence electrons. The van der Waals surface area contributed by atoms with Crippen LogP contribution in [-0.2, 0) is 6.54 Å². The van der Waals surface area contributed by atoms with Gasteiger partial charge in [0.2, 0.25) is 0 Å². The first-order valence-electron chi connectivity index (χ1n) is 10.5. The fourth-order valence-electron chi connectivity index (χ4n) is 4.20. The molecule has 6 heteroatoms. The maximum atomic E-state index is 12.9. The molecule has 0 spiro atoms. The number of nitrogens with zero attached hydrogens (tertiary/aromatic N) is 4. The molecule has 1 amide bonds. The van der Waals surface area contributed by atoms with E-state index >= 15 is 0 Å². The van der Waals surface area contributed by atoms with E-state index in [1.54, 1.807) is 12.1 Å². The van der Waals surface area contributed by atoms with Crippen LogP contribution in [0.25, 0.3) is 11.3 Å². The quantitative estimate of drug-likeness (QED) is 0.713. The minimum absolute atomic E-state index is 0.0942. The molecule has 1 aromatic carbocycles. The third kappa shape index (κ3) is 3.59. The molecule has 0 radical (unpaired) electrons. The number of hydrogen-bond acceptors (Lipinski definition) is 4. The van der Waals surface area contributed by atoms with Crippen molar-refractivity contribution >= 4 is 5.91 Å². The summed E-state index contributed by atoms with van der Waals surface area (Å²) in [7, 11) is 0. The first-order chi connectivity index (χ1) is 14.6. The lowest BCUT2D eigenvalue weighted by Crippen LogP contribution is -2.32. The normalized spacial score (nSPS) is 17.8. The van der Waals surface area contributed by atoms with E-state index in [2.05, 4.69) is 28.5 Å². The molecule has 30 heavy (non-hydrogen) atoms. The Kier molecular flexibility index (Phi) is 4.59. The lowest BCUT2D eigenvalue weighted by Gasteiger charge is -2.24. The smallest absolute Gasteiger partial charge is 0.251 e. The van der Waals surface area contributed by atoms with Gasteiger partial charge in [0.15, 0.2) is 0 Å². The number of pyridine rings is 1. The van der Waals surface area contributed by atoms with Crippen molar-refractivity contribution in [1.82, 2.24) is 20.1 Å². The van der Waals surface area contributed by atoms with Gasteiger partial charge in [-0.05, 0) is 74.6 Å². The Labute approximate surface area is 175 Å². The number of carbonyl (C=O) groups is 1. The van der Waals surface area contributed by atoms with E-state index in [-0.39, 0.29) is 11.9 Å². The summed E-state index contributed by atoms with van der Waals surface area (Å²) in [5, 5.41) is 17.2. The van der Waals surface area contributed by atoms with Gasteiger partial charge >= 0.3 is 0 Å². The molecule has 1 saturated carbocycles. The van der Waals surface area contributed by atoms with Crippen molar-refractivity contribution in [2.75, 3.05) is 0 Å². The molecule has 5 rings (SSSR count). The molecule has 2 aliphatic rings. The monoisotopic (exact) mass is 397 g/mol. The predicted molar refractivity (Wildman–Crippen MR) is 113 cm³/mol. The average Bonchev–Trinajstić information content (AvgIpc) is 3.52. The molecule has 1 fully saturated rings. The number of benzene rings is 1. The van der Waals surface area contributed by atoms with Gasteiger partial charge in [0.1, 0.15) is 0 Å². The highest BCUT2D eigenvalue weighted by atomic mass is 16.1. The molecule has 2 aromatic heterocycles. The summed E-state index contributed by atoms with van der Waals surface area (Å²) >= 11 is 0. The summed E-state index contributed by atoms with van der Waals surface area (Å²) in [5.74, 6) is 0.443. The Morgan fingerprint density at radius 1 is 1.20 bits per heavy atom. The maximum Gasteiger partial charge on any atom is 0.251 e. The molecule has 6 nitrogen and oxygen atoms in total. The Balaban J connectivity index is 1.41. The van der Waals surface area contributed by atoms with Gasteiger partial charge in [0.25, 0.3) is 5.91 Å². The SMILES string of the molecule is Cc1cc(C#N)cc(C(=O)NC2CCCn3nc(-c4ccnc(C5CC5)c4)cc32)c1. The molecule has 0 saturated heterocycles. The number of aromatic nitrogens is 3. The van der Waals surface area contributed by atoms with Crippen LogP contribution in [0.15, 0.2) is 42.6 Å². The molecule has 1 aliphatic heterocycles. The molecule has 0 bridgehead atoms. The Morgan fingerprint density at radius 2 is 2.07 bits per heavy atom. The van der Waals surface area contributed by atoms with E-state index in [1.807, 2.05) is 29.9 Å². The first-order valence-corrected chi connectivity index (χ1v) is 10.5. The van der Waals surface area contributed by atoms with E-state index in [4.69, 9.17) is 5.10 Å². The zero-order valence-corrected chi connectivity index (χ0v) is 16.9. The zero-order valence-electron chi connectivity index (χ0n) is 16.9. The summed E-state index contributed by atoms with van der Waals surface area (Å²) < 4.78 is 2.01. The van der Waals surface area contributed by atoms with Gasteiger partial charge in [-0.2, -0.15) is 10.4 Å². The molecule has 1 atom stereocenters. The molecule has 1 N–H and O–H groups in total. The fourth-order valence-corrected chi connectivity index (χ4v) is 4.20. The third-order valence-corrected chi connectivity index (χ3v) is 5.88. The van der Waals surface area contributed by atoms with Crippen LogP contribution in [0.1, 0.15) is 70.5 Å². The van der Waals surface area contributed by atoms with E-state index < -0.39 is 0 Å². The van der Waals surface area contributed by atoms with E-state index in [0.717, 1.165) is 47.6 Å². The number of aryl methyl sites for hydroxylation is 2. The number of hydrogen-bond donors (Lipinski definition) is 1. The number of carbonyl (C=O) groups excluding carboxylic acids is 1. The van der Waals surface area contributed by atoms with E-state index in [9.17, 15) is 10.1 Å². The summed E-state index contributed by atoms with van der Waals surface area (Å²) in [6.45, 7) is 2.75. The van der Waals surface area contributed by atoms with Crippen LogP contribution in [-0.4, -0.2) is 20.7 Å². The second kappa shape index (κ2) is 7.42. The first kappa shape index (κ1) is 18.6. The number of nitrogens with one attached hydrogen (secondary N) is 1. The van der Waals surface area contributed by atoms with Crippen LogP contribution in [0, 0.1) is 18.3 Å². The van der Waals surface area contributed by atoms with Gasteiger partial charge in [0.05, 0.1) is 29.1 Å². The molecular weight excluding hydrogens is 374 g/mol. The van der Waals surface area contributed by atoms with E-state index in [1.165, 1.54) is 12.8 Å². The molecular formula is C24H23N5O. The number of rotatable bonds is 4. The largest absolute Gasteiger partial charge is 0.344 e. The topological polar surface area (TPSA) is 83.6 Å². The zero-order chi connectivity index (χ0) is 20.7. The number of nitriles is 1. The van der Waals surface area contributed by atoms with Crippen LogP contribution < -0.4 is 5.32 Å². The van der Waals surface area contributed by atoms with Crippen molar-refractivity contribution in [1.29, 1.82) is 5.26 Å². The predicted octanol–water partition coefficient (Wildman–Crippen LogP) is 4.27. The minimum Gasteiger partial charge on any atom is -0.344 e. The van der Waals surface area contributed by atoms with Crippen molar-refractivity contribution < 1.29 is 4.79 Å². The number of fused-ring (bicyclic) bond motifs is 1. The van der Waals surface area contributed by atoms with Crippen LogP contribution in [0.2, 0.25) is 0 Å². The van der Waals surface area contributed by atoms with Crippen LogP contribution in [0.5, 0.6) is 0 Å². The Morgan fingerprint density at radius 3 is 2.87 bits per heavy atom. The summed E-state index contributed by atoms with van der Waals surface area (Å²) in [4.78, 5) is 17.4. The van der Waals surface area contributed by atoms with Gasteiger partial charge in [0, 0.05) is 35.5 Å². The summed E-state index contributed by atoms with van der Waals surface area (Å²) in [6, 6.07) is 13.5.